The van der Waals surface area contributed by atoms with Crippen molar-refractivity contribution in [1.29, 1.82) is 0 Å². The Balaban J connectivity index is 0.000000210. The molecule has 3 aromatic carbocycles. The van der Waals surface area contributed by atoms with Crippen LogP contribution in [0.5, 0.6) is 0 Å². The quantitative estimate of drug-likeness (QED) is 0.180. The monoisotopic (exact) mass is 644 g/mol. The summed E-state index contributed by atoms with van der Waals surface area (Å²) in [6, 6.07) is 24.0. The summed E-state index contributed by atoms with van der Waals surface area (Å²) >= 11 is 0. The molecular formula is C31H24IrN2O-2. The van der Waals surface area contributed by atoms with E-state index in [0.717, 1.165) is 22.6 Å². The Morgan fingerprint density at radius 1 is 0.714 bits per heavy atom. The summed E-state index contributed by atoms with van der Waals surface area (Å²) in [7, 11) is 0. The van der Waals surface area contributed by atoms with E-state index < -0.39 is 20.6 Å². The van der Waals surface area contributed by atoms with E-state index in [4.69, 9.17) is 19.5 Å². The second kappa shape index (κ2) is 10.8. The normalized spacial score (nSPS) is 16.2. The van der Waals surface area contributed by atoms with Crippen LogP contribution in [0.25, 0.3) is 44.5 Å². The van der Waals surface area contributed by atoms with Gasteiger partial charge in [-0.3, -0.25) is 0 Å². The van der Waals surface area contributed by atoms with E-state index in [9.17, 15) is 0 Å². The summed E-state index contributed by atoms with van der Waals surface area (Å²) in [5, 5.41) is 1.87. The fourth-order valence-electron chi connectivity index (χ4n) is 3.39. The van der Waals surface area contributed by atoms with Crippen molar-refractivity contribution in [2.45, 2.75) is 20.6 Å². The molecule has 4 heteroatoms. The van der Waals surface area contributed by atoms with Gasteiger partial charge in [0.1, 0.15) is 5.58 Å². The number of rotatable bonds is 2. The number of aryl methyl sites for hydroxylation is 3. The standard InChI is InChI=1S/C18H12NO.C13H12N.Ir/c1-12-6-9-16(19-11-12)13-7-8-15-14-4-2-3-5-17(14)20-18(15)10-13;1-10-3-6-12(7-4-10)13-8-5-11(2)9-14-13;/h2-6,8-11H,1H3;3-6,8-9H,1-2H3;/q2*-1;/i1D3,6D,9D;1D3,2D3;. The first-order valence-corrected chi connectivity index (χ1v) is 10.3. The van der Waals surface area contributed by atoms with Gasteiger partial charge in [0, 0.05) is 44.8 Å². The van der Waals surface area contributed by atoms with Crippen molar-refractivity contribution in [3.05, 3.63) is 120 Å². The van der Waals surface area contributed by atoms with E-state index in [2.05, 4.69) is 22.1 Å². The van der Waals surface area contributed by atoms with Crippen LogP contribution < -0.4 is 0 Å². The Morgan fingerprint density at radius 2 is 1.49 bits per heavy atom. The molecule has 0 amide bonds. The predicted molar refractivity (Wildman–Crippen MR) is 139 cm³/mol. The van der Waals surface area contributed by atoms with Gasteiger partial charge in [0.25, 0.3) is 0 Å². The van der Waals surface area contributed by atoms with Gasteiger partial charge in [-0.1, -0.05) is 60.7 Å². The molecule has 6 rings (SSSR count). The van der Waals surface area contributed by atoms with E-state index >= 15 is 0 Å². The molecule has 0 aliphatic rings. The molecule has 3 aromatic heterocycles. The minimum Gasteiger partial charge on any atom is -0.476 e. The van der Waals surface area contributed by atoms with Crippen LogP contribution in [-0.2, 0) is 20.1 Å². The Bertz CT molecular complexity index is 1930. The van der Waals surface area contributed by atoms with Crippen LogP contribution in [0.2, 0.25) is 0 Å². The Morgan fingerprint density at radius 3 is 2.26 bits per heavy atom. The summed E-state index contributed by atoms with van der Waals surface area (Å²) in [5.74, 6) is 0. The number of para-hydroxylation sites is 1. The zero-order chi connectivity index (χ0) is 32.7. The third-order valence-electron chi connectivity index (χ3n) is 5.06. The molecule has 3 nitrogen and oxygen atoms in total. The van der Waals surface area contributed by atoms with Gasteiger partial charge in [-0.2, -0.15) is 0 Å². The predicted octanol–water partition coefficient (Wildman–Crippen LogP) is 7.92. The molecule has 0 atom stereocenters. The number of hydrogen-bond donors (Lipinski definition) is 0. The first-order valence-electron chi connectivity index (χ1n) is 15.8. The zero-order valence-electron chi connectivity index (χ0n) is 29.1. The molecule has 35 heavy (non-hydrogen) atoms. The molecular weight excluding hydrogens is 609 g/mol. The molecule has 0 N–H and O–H groups in total. The van der Waals surface area contributed by atoms with Crippen molar-refractivity contribution in [2.24, 2.45) is 0 Å². The fraction of sp³-hybridized carbons (Fsp3) is 0.0968. The first-order chi connectivity index (χ1) is 21.0. The Kier molecular flexibility index (Phi) is 4.34. The number of nitrogens with zero attached hydrogens (tertiary/aromatic N) is 2. The summed E-state index contributed by atoms with van der Waals surface area (Å²) < 4.78 is 87.8. The largest absolute Gasteiger partial charge is 0.476 e. The van der Waals surface area contributed by atoms with E-state index in [0.29, 0.717) is 22.4 Å². The minimum absolute atomic E-state index is 0. The smallest absolute Gasteiger partial charge is 0.123 e. The number of benzene rings is 3. The second-order valence-electron chi connectivity index (χ2n) is 7.42. The number of fused-ring (bicyclic) bond motifs is 3. The van der Waals surface area contributed by atoms with Gasteiger partial charge in [-0.25, -0.2) is 0 Å². The Hall–Kier alpha value is -3.59. The number of aromatic nitrogens is 2. The third kappa shape index (κ3) is 5.57. The summed E-state index contributed by atoms with van der Waals surface area (Å²) in [6.45, 7) is -6.81. The van der Waals surface area contributed by atoms with Crippen LogP contribution in [0, 0.1) is 32.7 Å². The molecule has 175 valence electrons. The van der Waals surface area contributed by atoms with Crippen LogP contribution in [0.4, 0.5) is 0 Å². The molecule has 0 saturated carbocycles. The minimum atomic E-state index is -2.47. The fourth-order valence-corrected chi connectivity index (χ4v) is 3.39. The molecule has 6 aromatic rings. The molecule has 0 fully saturated rings. The van der Waals surface area contributed by atoms with Gasteiger partial charge in [0.2, 0.25) is 0 Å². The summed E-state index contributed by atoms with van der Waals surface area (Å²) in [4.78, 5) is 8.17. The average Bonchev–Trinajstić information content (AvgIpc) is 3.35. The SMILES string of the molecule is [2H]C([2H])([2H])c1c[c-]c(-c2ccc(C([2H])([2H])[2H])cn2)cc1.[2H]c1c(C([2H])([2H])[2H])cnc(-c2[c-]cc3c(c2)oc2ccccc23)c1[2H].[Ir]. The van der Waals surface area contributed by atoms with E-state index in [1.807, 2.05) is 24.3 Å². The van der Waals surface area contributed by atoms with Crippen molar-refractivity contribution in [1.82, 2.24) is 9.97 Å². The number of pyridine rings is 2. The van der Waals surface area contributed by atoms with Crippen molar-refractivity contribution < 1.29 is 39.6 Å². The molecule has 0 aliphatic heterocycles. The average molecular weight is 644 g/mol. The summed E-state index contributed by atoms with van der Waals surface area (Å²) in [5.41, 5.74) is 3.39. The molecule has 0 saturated heterocycles. The van der Waals surface area contributed by atoms with E-state index in [-0.39, 0.29) is 54.6 Å². The first kappa shape index (κ1) is 14.1. The van der Waals surface area contributed by atoms with Crippen LogP contribution in [0.1, 0.15) is 31.8 Å². The molecule has 0 bridgehead atoms. The molecule has 1 radical (unpaired) electrons. The summed E-state index contributed by atoms with van der Waals surface area (Å²) in [6.07, 6.45) is 2.44. The second-order valence-corrected chi connectivity index (χ2v) is 7.42. The maximum atomic E-state index is 8.12. The number of furan rings is 1. The zero-order valence-corrected chi connectivity index (χ0v) is 20.5. The van der Waals surface area contributed by atoms with Gasteiger partial charge < -0.3 is 14.4 Å². The van der Waals surface area contributed by atoms with Crippen molar-refractivity contribution in [3.8, 4) is 22.5 Å². The maximum Gasteiger partial charge on any atom is 0.123 e. The number of hydrogen-bond acceptors (Lipinski definition) is 3. The van der Waals surface area contributed by atoms with Crippen molar-refractivity contribution >= 4 is 21.9 Å². The van der Waals surface area contributed by atoms with Gasteiger partial charge in [0.15, 0.2) is 0 Å². The molecule has 0 aliphatic carbocycles. The van der Waals surface area contributed by atoms with Gasteiger partial charge in [-0.15, -0.1) is 53.1 Å². The maximum absolute atomic E-state index is 8.12. The topological polar surface area (TPSA) is 38.9 Å². The van der Waals surface area contributed by atoms with Crippen LogP contribution in [0.3, 0.4) is 0 Å². The van der Waals surface area contributed by atoms with Crippen molar-refractivity contribution in [2.75, 3.05) is 0 Å². The van der Waals surface area contributed by atoms with Crippen molar-refractivity contribution in [3.63, 3.8) is 0 Å². The Labute approximate surface area is 234 Å². The van der Waals surface area contributed by atoms with Crippen LogP contribution in [-0.4, -0.2) is 9.97 Å². The third-order valence-corrected chi connectivity index (χ3v) is 5.06. The molecule has 0 spiro atoms. The van der Waals surface area contributed by atoms with Gasteiger partial charge in [-0.05, 0) is 47.7 Å². The van der Waals surface area contributed by atoms with Gasteiger partial charge in [0.05, 0.1) is 8.32 Å². The van der Waals surface area contributed by atoms with Gasteiger partial charge >= 0.3 is 0 Å². The van der Waals surface area contributed by atoms with E-state index in [1.165, 1.54) is 24.4 Å². The molecule has 0 unspecified atom stereocenters. The van der Waals surface area contributed by atoms with E-state index in [1.54, 1.807) is 24.3 Å². The van der Waals surface area contributed by atoms with Crippen LogP contribution >= 0.6 is 0 Å². The van der Waals surface area contributed by atoms with Crippen LogP contribution in [0.15, 0.2) is 95.6 Å². The molecule has 3 heterocycles.